The van der Waals surface area contributed by atoms with Gasteiger partial charge in [0.1, 0.15) is 17.5 Å². The number of amides is 2. The molecule has 0 radical (unpaired) electrons. The minimum atomic E-state index is -0.694. The van der Waals surface area contributed by atoms with Crippen LogP contribution in [0.2, 0.25) is 0 Å². The van der Waals surface area contributed by atoms with Crippen molar-refractivity contribution in [2.24, 2.45) is 0 Å². The van der Waals surface area contributed by atoms with E-state index in [1.165, 1.54) is 6.92 Å². The molecule has 2 amide bonds. The van der Waals surface area contributed by atoms with Gasteiger partial charge < -0.3 is 19.9 Å². The Hall–Kier alpha value is -2.49. The van der Waals surface area contributed by atoms with Crippen molar-refractivity contribution >= 4 is 35.1 Å². The second-order valence-electron chi connectivity index (χ2n) is 6.54. The Labute approximate surface area is 180 Å². The van der Waals surface area contributed by atoms with E-state index in [-0.39, 0.29) is 26.7 Å². The third-order valence-electron chi connectivity index (χ3n) is 4.27. The van der Waals surface area contributed by atoms with Crippen molar-refractivity contribution < 1.29 is 23.9 Å². The molecule has 0 saturated carbocycles. The lowest BCUT2D eigenvalue weighted by Crippen LogP contribution is -2.46. The summed E-state index contributed by atoms with van der Waals surface area (Å²) in [7, 11) is 4.21. The number of hydrogen-bond acceptors (Lipinski definition) is 5. The Balaban J connectivity index is 1.96. The van der Waals surface area contributed by atoms with E-state index >= 15 is 0 Å². The average molecular weight is 448 g/mol. The third kappa shape index (κ3) is 8.10. The van der Waals surface area contributed by atoms with Crippen LogP contribution in [0.15, 0.2) is 48.5 Å². The number of rotatable bonds is 10. The van der Waals surface area contributed by atoms with Crippen LogP contribution in [-0.4, -0.2) is 30.9 Å². The van der Waals surface area contributed by atoms with Gasteiger partial charge in [0.2, 0.25) is 11.8 Å². The van der Waals surface area contributed by atoms with Crippen LogP contribution >= 0.6 is 17.3 Å². The molecule has 7 nitrogen and oxygen atoms in total. The van der Waals surface area contributed by atoms with E-state index in [1.54, 1.807) is 31.4 Å². The topological polar surface area (TPSA) is 93.7 Å². The SMILES string of the molecule is COc1ccc(CCC(=O)NC(Cc2ccc(OC(C)=O)cc2)C(=O)NPP)cc1. The number of nitrogens with one attached hydrogen (secondary N) is 2. The lowest BCUT2D eigenvalue weighted by Gasteiger charge is -2.18. The fraction of sp³-hybridized carbons (Fsp3) is 0.286. The number of carbonyl (C=O) groups is 3. The molecule has 0 aliphatic heterocycles. The number of esters is 1. The van der Waals surface area contributed by atoms with Crippen LogP contribution in [0.1, 0.15) is 24.5 Å². The highest BCUT2D eigenvalue weighted by Crippen LogP contribution is 2.17. The molecule has 2 rings (SSSR count). The van der Waals surface area contributed by atoms with Gasteiger partial charge in [0.05, 0.1) is 7.11 Å². The van der Waals surface area contributed by atoms with Crippen LogP contribution in [-0.2, 0) is 27.2 Å². The van der Waals surface area contributed by atoms with E-state index in [1.807, 2.05) is 24.3 Å². The largest absolute Gasteiger partial charge is 0.497 e. The first-order chi connectivity index (χ1) is 14.4. The van der Waals surface area contributed by atoms with Crippen LogP contribution in [0.5, 0.6) is 11.5 Å². The van der Waals surface area contributed by atoms with E-state index in [0.29, 0.717) is 18.6 Å². The first-order valence-corrected chi connectivity index (χ1v) is 12.2. The highest BCUT2D eigenvalue weighted by molar-refractivity contribution is 8.02. The number of ether oxygens (including phenoxy) is 2. The van der Waals surface area contributed by atoms with Crippen molar-refractivity contribution in [3.63, 3.8) is 0 Å². The smallest absolute Gasteiger partial charge is 0.308 e. The summed E-state index contributed by atoms with van der Waals surface area (Å²) in [5.41, 5.74) is 1.85. The van der Waals surface area contributed by atoms with Crippen LogP contribution in [0.3, 0.4) is 0 Å². The van der Waals surface area contributed by atoms with Crippen LogP contribution in [0, 0.1) is 0 Å². The van der Waals surface area contributed by atoms with E-state index in [2.05, 4.69) is 19.3 Å². The molecule has 3 unspecified atom stereocenters. The van der Waals surface area contributed by atoms with Gasteiger partial charge in [-0.25, -0.2) is 0 Å². The molecule has 2 N–H and O–H groups in total. The zero-order chi connectivity index (χ0) is 21.9. The quantitative estimate of drug-likeness (QED) is 0.331. The van der Waals surface area contributed by atoms with E-state index < -0.39 is 12.0 Å². The molecule has 2 aromatic rings. The summed E-state index contributed by atoms with van der Waals surface area (Å²) in [5, 5.41) is 5.57. The van der Waals surface area contributed by atoms with Crippen molar-refractivity contribution in [3.05, 3.63) is 59.7 Å². The summed E-state index contributed by atoms with van der Waals surface area (Å²) in [6, 6.07) is 13.7. The second kappa shape index (κ2) is 12.3. The molecule has 160 valence electrons. The molecule has 2 aromatic carbocycles. The summed E-state index contributed by atoms with van der Waals surface area (Å²) in [6.07, 6.45) is 1.16. The maximum absolute atomic E-state index is 12.4. The molecule has 0 saturated heterocycles. The van der Waals surface area contributed by atoms with E-state index in [4.69, 9.17) is 9.47 Å². The number of benzene rings is 2. The summed E-state index contributed by atoms with van der Waals surface area (Å²) >= 11 is 0. The Morgan fingerprint density at radius 3 is 2.17 bits per heavy atom. The monoisotopic (exact) mass is 448 g/mol. The molecule has 3 atom stereocenters. The molecule has 0 aromatic heterocycles. The summed E-state index contributed by atoms with van der Waals surface area (Å²) in [6.45, 7) is 1.33. The molecular formula is C21H26N2O5P2. The van der Waals surface area contributed by atoms with Crippen LogP contribution in [0.4, 0.5) is 0 Å². The van der Waals surface area contributed by atoms with E-state index in [0.717, 1.165) is 16.9 Å². The first-order valence-electron chi connectivity index (χ1n) is 9.36. The maximum atomic E-state index is 12.4. The van der Waals surface area contributed by atoms with Gasteiger partial charge in [-0.05, 0) is 50.2 Å². The van der Waals surface area contributed by atoms with Crippen LogP contribution < -0.4 is 19.9 Å². The Bertz CT molecular complexity index is 857. The molecule has 30 heavy (non-hydrogen) atoms. The summed E-state index contributed by atoms with van der Waals surface area (Å²) in [4.78, 5) is 35.9. The first kappa shape index (κ1) is 23.8. The fourth-order valence-corrected chi connectivity index (χ4v) is 3.52. The van der Waals surface area contributed by atoms with Crippen molar-refractivity contribution in [1.82, 2.24) is 10.4 Å². The lowest BCUT2D eigenvalue weighted by atomic mass is 10.0. The molecule has 9 heteroatoms. The van der Waals surface area contributed by atoms with Gasteiger partial charge in [0, 0.05) is 19.8 Å². The Morgan fingerprint density at radius 2 is 1.60 bits per heavy atom. The van der Waals surface area contributed by atoms with Gasteiger partial charge in [-0.2, -0.15) is 0 Å². The van der Waals surface area contributed by atoms with Crippen molar-refractivity contribution in [1.29, 1.82) is 0 Å². The Kier molecular flexibility index (Phi) is 9.72. The molecule has 0 aliphatic rings. The molecule has 0 heterocycles. The molecule has 0 spiro atoms. The number of hydrogen-bond donors (Lipinski definition) is 2. The van der Waals surface area contributed by atoms with Crippen molar-refractivity contribution in [2.75, 3.05) is 7.11 Å². The van der Waals surface area contributed by atoms with Gasteiger partial charge in [-0.1, -0.05) is 33.2 Å². The van der Waals surface area contributed by atoms with Gasteiger partial charge in [-0.3, -0.25) is 14.4 Å². The number of carbonyl (C=O) groups excluding carboxylic acids is 3. The standard InChI is InChI=1S/C21H26N2O5P2/c1-14(24)28-18-10-5-16(6-11-18)13-19(21(26)23-30-29)22-20(25)12-7-15-3-8-17(27-2)9-4-15/h3-6,8-11,19,30H,7,12-13,29H2,1-2H3,(H,22,25)(H,23,26). The molecule has 0 bridgehead atoms. The third-order valence-corrected chi connectivity index (χ3v) is 5.10. The van der Waals surface area contributed by atoms with Crippen LogP contribution in [0.25, 0.3) is 0 Å². The summed E-state index contributed by atoms with van der Waals surface area (Å²) < 4.78 is 10.1. The predicted octanol–water partition coefficient (Wildman–Crippen LogP) is 2.78. The number of aryl methyl sites for hydroxylation is 1. The summed E-state index contributed by atoms with van der Waals surface area (Å²) in [5.74, 6) is 0.352. The minimum Gasteiger partial charge on any atom is -0.497 e. The van der Waals surface area contributed by atoms with E-state index in [9.17, 15) is 14.4 Å². The maximum Gasteiger partial charge on any atom is 0.308 e. The zero-order valence-electron chi connectivity index (χ0n) is 16.9. The lowest BCUT2D eigenvalue weighted by molar-refractivity contribution is -0.131. The number of methoxy groups -OCH3 is 1. The molecular weight excluding hydrogens is 422 g/mol. The van der Waals surface area contributed by atoms with Crippen molar-refractivity contribution in [2.45, 2.75) is 32.2 Å². The fourth-order valence-electron chi connectivity index (χ4n) is 2.78. The van der Waals surface area contributed by atoms with Gasteiger partial charge in [0.15, 0.2) is 0 Å². The second-order valence-corrected chi connectivity index (χ2v) is 7.95. The minimum absolute atomic E-state index is 0.157. The average Bonchev–Trinajstić information content (AvgIpc) is 2.73. The molecule has 0 aliphatic carbocycles. The van der Waals surface area contributed by atoms with Crippen molar-refractivity contribution in [3.8, 4) is 11.5 Å². The Morgan fingerprint density at radius 1 is 1.00 bits per heavy atom. The van der Waals surface area contributed by atoms with Gasteiger partial charge in [0.25, 0.3) is 0 Å². The van der Waals surface area contributed by atoms with Gasteiger partial charge >= 0.3 is 5.97 Å². The molecule has 0 fully saturated rings. The zero-order valence-corrected chi connectivity index (χ0v) is 19.1. The predicted molar refractivity (Wildman–Crippen MR) is 121 cm³/mol. The highest BCUT2D eigenvalue weighted by atomic mass is 32.0. The normalized spacial score (nSPS) is 11.7. The van der Waals surface area contributed by atoms with Gasteiger partial charge in [-0.15, -0.1) is 0 Å². The highest BCUT2D eigenvalue weighted by Gasteiger charge is 2.21.